The first-order valence-electron chi connectivity index (χ1n) is 7.42. The Morgan fingerprint density at radius 2 is 1.90 bits per heavy atom. The Balaban J connectivity index is 2.30. The van der Waals surface area contributed by atoms with E-state index in [9.17, 15) is 0 Å². The monoisotopic (exact) mass is 284 g/mol. The van der Waals surface area contributed by atoms with Crippen molar-refractivity contribution < 1.29 is 4.74 Å². The Bertz CT molecular complexity index is 575. The van der Waals surface area contributed by atoms with Crippen LogP contribution in [0.25, 0.3) is 0 Å². The molecule has 2 aromatic rings. The molecule has 2 rings (SSSR count). The number of benzene rings is 1. The molecular weight excluding hydrogens is 260 g/mol. The molecule has 3 nitrogen and oxygen atoms in total. The van der Waals surface area contributed by atoms with E-state index in [0.717, 1.165) is 24.3 Å². The number of pyridine rings is 1. The first kappa shape index (κ1) is 15.5. The van der Waals surface area contributed by atoms with Crippen molar-refractivity contribution in [3.8, 4) is 5.75 Å². The van der Waals surface area contributed by atoms with E-state index in [-0.39, 0.29) is 6.04 Å². The van der Waals surface area contributed by atoms with E-state index in [1.807, 2.05) is 12.3 Å². The number of nitrogens with zero attached hydrogens (tertiary/aromatic N) is 1. The Hall–Kier alpha value is -1.87. The van der Waals surface area contributed by atoms with Gasteiger partial charge in [0.15, 0.2) is 0 Å². The fourth-order valence-corrected chi connectivity index (χ4v) is 2.81. The summed E-state index contributed by atoms with van der Waals surface area (Å²) in [5, 5.41) is 3.55. The number of likely N-dealkylation sites (N-methyl/N-ethyl adjacent to an activating group) is 1. The summed E-state index contributed by atoms with van der Waals surface area (Å²) >= 11 is 0. The maximum atomic E-state index is 5.46. The van der Waals surface area contributed by atoms with Gasteiger partial charge in [-0.15, -0.1) is 0 Å². The zero-order valence-electron chi connectivity index (χ0n) is 13.3. The Labute approximate surface area is 127 Å². The molecule has 1 N–H and O–H groups in total. The van der Waals surface area contributed by atoms with Gasteiger partial charge in [-0.25, -0.2) is 0 Å². The van der Waals surface area contributed by atoms with E-state index in [1.165, 1.54) is 16.7 Å². The van der Waals surface area contributed by atoms with Crippen molar-refractivity contribution in [2.24, 2.45) is 0 Å². The van der Waals surface area contributed by atoms with Gasteiger partial charge in [-0.3, -0.25) is 4.98 Å². The quantitative estimate of drug-likeness (QED) is 0.880. The molecule has 1 aromatic carbocycles. The van der Waals surface area contributed by atoms with Crippen LogP contribution in [0.1, 0.15) is 35.2 Å². The summed E-state index contributed by atoms with van der Waals surface area (Å²) in [5.74, 6) is 0.841. The Kier molecular flexibility index (Phi) is 5.34. The van der Waals surface area contributed by atoms with E-state index in [1.54, 1.807) is 13.3 Å². The minimum Gasteiger partial charge on any atom is -0.495 e. The number of methoxy groups -OCH3 is 1. The van der Waals surface area contributed by atoms with Crippen molar-refractivity contribution in [2.45, 2.75) is 33.2 Å². The van der Waals surface area contributed by atoms with Crippen molar-refractivity contribution in [1.29, 1.82) is 0 Å². The fourth-order valence-electron chi connectivity index (χ4n) is 2.81. The van der Waals surface area contributed by atoms with Crippen molar-refractivity contribution in [2.75, 3.05) is 13.7 Å². The normalized spacial score (nSPS) is 12.2. The standard InChI is InChI=1S/C18H24N2O/c1-5-20-17(16-6-7-19-12-18(16)21-4)11-15-9-13(2)8-14(3)10-15/h6-10,12,17,20H,5,11H2,1-4H3. The van der Waals surface area contributed by atoms with Gasteiger partial charge < -0.3 is 10.1 Å². The van der Waals surface area contributed by atoms with Crippen LogP contribution >= 0.6 is 0 Å². The van der Waals surface area contributed by atoms with E-state index < -0.39 is 0 Å². The minimum atomic E-state index is 0.231. The SMILES string of the molecule is CCNC(Cc1cc(C)cc(C)c1)c1ccncc1OC. The van der Waals surface area contributed by atoms with Crippen LogP contribution in [0.3, 0.4) is 0 Å². The predicted octanol–water partition coefficient (Wildman–Crippen LogP) is 3.60. The fraction of sp³-hybridized carbons (Fsp3) is 0.389. The average Bonchev–Trinajstić information content (AvgIpc) is 2.45. The van der Waals surface area contributed by atoms with Crippen LogP contribution < -0.4 is 10.1 Å². The number of nitrogens with one attached hydrogen (secondary N) is 1. The van der Waals surface area contributed by atoms with Crippen LogP contribution in [0.15, 0.2) is 36.7 Å². The van der Waals surface area contributed by atoms with Crippen LogP contribution in [-0.2, 0) is 6.42 Å². The van der Waals surface area contributed by atoms with Crippen LogP contribution in [-0.4, -0.2) is 18.6 Å². The third kappa shape index (κ3) is 4.05. The van der Waals surface area contributed by atoms with Crippen LogP contribution in [0, 0.1) is 13.8 Å². The number of hydrogen-bond donors (Lipinski definition) is 1. The van der Waals surface area contributed by atoms with E-state index in [4.69, 9.17) is 4.74 Å². The van der Waals surface area contributed by atoms with Gasteiger partial charge >= 0.3 is 0 Å². The van der Waals surface area contributed by atoms with Crippen molar-refractivity contribution in [1.82, 2.24) is 10.3 Å². The molecule has 0 amide bonds. The number of ether oxygens (including phenoxy) is 1. The molecule has 0 bridgehead atoms. The van der Waals surface area contributed by atoms with Gasteiger partial charge in [0.05, 0.1) is 13.3 Å². The second-order valence-electron chi connectivity index (χ2n) is 5.43. The molecule has 0 aliphatic rings. The number of aromatic nitrogens is 1. The van der Waals surface area contributed by atoms with Gasteiger partial charge in [0, 0.05) is 17.8 Å². The summed E-state index contributed by atoms with van der Waals surface area (Å²) < 4.78 is 5.46. The second kappa shape index (κ2) is 7.23. The first-order chi connectivity index (χ1) is 10.1. The molecule has 0 saturated heterocycles. The largest absolute Gasteiger partial charge is 0.495 e. The van der Waals surface area contributed by atoms with Gasteiger partial charge in [-0.2, -0.15) is 0 Å². The highest BCUT2D eigenvalue weighted by molar-refractivity contribution is 5.36. The lowest BCUT2D eigenvalue weighted by molar-refractivity contribution is 0.397. The predicted molar refractivity (Wildman–Crippen MR) is 86.8 cm³/mol. The van der Waals surface area contributed by atoms with Crippen LogP contribution in [0.5, 0.6) is 5.75 Å². The molecule has 1 aromatic heterocycles. The molecule has 0 radical (unpaired) electrons. The minimum absolute atomic E-state index is 0.231. The zero-order valence-corrected chi connectivity index (χ0v) is 13.3. The highest BCUT2D eigenvalue weighted by Gasteiger charge is 2.16. The molecule has 1 heterocycles. The van der Waals surface area contributed by atoms with E-state index >= 15 is 0 Å². The molecule has 0 fully saturated rings. The summed E-state index contributed by atoms with van der Waals surface area (Å²) in [6, 6.07) is 8.98. The third-order valence-electron chi connectivity index (χ3n) is 3.58. The molecule has 1 unspecified atom stereocenters. The lowest BCUT2D eigenvalue weighted by Gasteiger charge is -2.21. The van der Waals surface area contributed by atoms with E-state index in [2.05, 4.69) is 49.3 Å². The summed E-state index contributed by atoms with van der Waals surface area (Å²) in [6.07, 6.45) is 4.54. The smallest absolute Gasteiger partial charge is 0.141 e. The molecule has 112 valence electrons. The van der Waals surface area contributed by atoms with Crippen molar-refractivity contribution >= 4 is 0 Å². The molecule has 0 aliphatic carbocycles. The molecule has 0 saturated carbocycles. The van der Waals surface area contributed by atoms with Gasteiger partial charge in [-0.05, 0) is 38.4 Å². The van der Waals surface area contributed by atoms with Crippen LogP contribution in [0.4, 0.5) is 0 Å². The maximum absolute atomic E-state index is 5.46. The van der Waals surface area contributed by atoms with Gasteiger partial charge in [0.25, 0.3) is 0 Å². The first-order valence-corrected chi connectivity index (χ1v) is 7.42. The number of hydrogen-bond acceptors (Lipinski definition) is 3. The van der Waals surface area contributed by atoms with Gasteiger partial charge in [0.1, 0.15) is 5.75 Å². The topological polar surface area (TPSA) is 34.2 Å². The summed E-state index contributed by atoms with van der Waals surface area (Å²) in [5.41, 5.74) is 5.12. The summed E-state index contributed by atoms with van der Waals surface area (Å²) in [7, 11) is 1.69. The molecular formula is C18H24N2O. The average molecular weight is 284 g/mol. The van der Waals surface area contributed by atoms with Crippen molar-refractivity contribution in [3.05, 3.63) is 58.9 Å². The lowest BCUT2D eigenvalue weighted by Crippen LogP contribution is -2.23. The Morgan fingerprint density at radius 1 is 1.19 bits per heavy atom. The van der Waals surface area contributed by atoms with Gasteiger partial charge in [0.2, 0.25) is 0 Å². The molecule has 0 aliphatic heterocycles. The lowest BCUT2D eigenvalue weighted by atomic mass is 9.96. The summed E-state index contributed by atoms with van der Waals surface area (Å²) in [4.78, 5) is 4.14. The maximum Gasteiger partial charge on any atom is 0.141 e. The Morgan fingerprint density at radius 3 is 2.52 bits per heavy atom. The van der Waals surface area contributed by atoms with Crippen molar-refractivity contribution in [3.63, 3.8) is 0 Å². The molecule has 21 heavy (non-hydrogen) atoms. The zero-order chi connectivity index (χ0) is 15.2. The summed E-state index contributed by atoms with van der Waals surface area (Å²) in [6.45, 7) is 7.33. The van der Waals surface area contributed by atoms with Crippen LogP contribution in [0.2, 0.25) is 0 Å². The molecule has 0 spiro atoms. The molecule has 1 atom stereocenters. The highest BCUT2D eigenvalue weighted by Crippen LogP contribution is 2.27. The van der Waals surface area contributed by atoms with E-state index in [0.29, 0.717) is 0 Å². The second-order valence-corrected chi connectivity index (χ2v) is 5.43. The number of aryl methyl sites for hydroxylation is 2. The third-order valence-corrected chi connectivity index (χ3v) is 3.58. The highest BCUT2D eigenvalue weighted by atomic mass is 16.5. The molecule has 3 heteroatoms. The number of rotatable bonds is 6. The van der Waals surface area contributed by atoms with Gasteiger partial charge in [-0.1, -0.05) is 36.2 Å².